The van der Waals surface area contributed by atoms with E-state index in [-0.39, 0.29) is 0 Å². The first kappa shape index (κ1) is 15.4. The first-order valence-corrected chi connectivity index (χ1v) is 7.21. The molecule has 0 saturated carbocycles. The van der Waals surface area contributed by atoms with Gasteiger partial charge in [0, 0.05) is 24.7 Å². The fourth-order valence-corrected chi connectivity index (χ4v) is 2.19. The molecule has 114 valence electrons. The van der Waals surface area contributed by atoms with Crippen LogP contribution in [0.1, 0.15) is 24.6 Å². The number of hydrogen-bond acceptors (Lipinski definition) is 4. The molecule has 1 N–H and O–H groups in total. The summed E-state index contributed by atoms with van der Waals surface area (Å²) < 4.78 is 13.4. The van der Waals surface area contributed by atoms with E-state index in [4.69, 9.17) is 9.47 Å². The van der Waals surface area contributed by atoms with E-state index in [1.165, 1.54) is 0 Å². The van der Waals surface area contributed by atoms with Crippen LogP contribution in [0, 0.1) is 0 Å². The predicted octanol–water partition coefficient (Wildman–Crippen LogP) is 2.60. The van der Waals surface area contributed by atoms with Crippen LogP contribution in [-0.4, -0.2) is 23.7 Å². The number of ether oxygens (including phenoxy) is 2. The quantitative estimate of drug-likeness (QED) is 0.811. The largest absolute Gasteiger partial charge is 0.497 e. The number of imidazole rings is 1. The van der Waals surface area contributed by atoms with Crippen molar-refractivity contribution in [2.75, 3.05) is 14.2 Å². The first-order chi connectivity index (χ1) is 10.3. The van der Waals surface area contributed by atoms with Crippen molar-refractivity contribution in [3.8, 4) is 11.5 Å². The van der Waals surface area contributed by atoms with Gasteiger partial charge in [-0.25, -0.2) is 4.98 Å². The zero-order valence-electron chi connectivity index (χ0n) is 12.9. The van der Waals surface area contributed by atoms with Crippen LogP contribution in [0.3, 0.4) is 0 Å². The highest BCUT2D eigenvalue weighted by atomic mass is 16.5. The lowest BCUT2D eigenvalue weighted by Gasteiger charge is -2.13. The molecule has 0 saturated heterocycles. The van der Waals surface area contributed by atoms with Gasteiger partial charge in [0.2, 0.25) is 0 Å². The minimum atomic E-state index is 0.504. The molecule has 0 spiro atoms. The number of aromatic nitrogens is 2. The lowest BCUT2D eigenvalue weighted by Crippen LogP contribution is -2.09. The molecule has 5 heteroatoms. The molecule has 21 heavy (non-hydrogen) atoms. The molecule has 0 aliphatic rings. The number of nitrogens with zero attached hydrogens (tertiary/aromatic N) is 2. The minimum absolute atomic E-state index is 0.504. The van der Waals surface area contributed by atoms with Gasteiger partial charge in [0.25, 0.3) is 0 Å². The number of rotatable bonds is 8. The van der Waals surface area contributed by atoms with E-state index in [0.29, 0.717) is 6.61 Å². The molecule has 2 rings (SSSR count). The predicted molar refractivity (Wildman–Crippen MR) is 82.6 cm³/mol. The van der Waals surface area contributed by atoms with Crippen molar-refractivity contribution < 1.29 is 9.47 Å². The Hall–Kier alpha value is -2.01. The van der Waals surface area contributed by atoms with Gasteiger partial charge in [-0.15, -0.1) is 0 Å². The molecule has 1 heterocycles. The van der Waals surface area contributed by atoms with Crippen molar-refractivity contribution in [2.45, 2.75) is 33.0 Å². The minimum Gasteiger partial charge on any atom is -0.497 e. The molecule has 0 amide bonds. The van der Waals surface area contributed by atoms with E-state index in [9.17, 15) is 0 Å². The Morgan fingerprint density at radius 2 is 2.19 bits per heavy atom. The lowest BCUT2D eigenvalue weighted by atomic mass is 10.2. The van der Waals surface area contributed by atoms with Gasteiger partial charge >= 0.3 is 0 Å². The molecule has 1 aromatic carbocycles. The third-order valence-corrected chi connectivity index (χ3v) is 3.28. The molecular formula is C16H23N3O2. The van der Waals surface area contributed by atoms with E-state index in [2.05, 4.69) is 21.8 Å². The Bertz CT molecular complexity index is 566. The molecule has 0 bridgehead atoms. The summed E-state index contributed by atoms with van der Waals surface area (Å²) in [5.74, 6) is 1.64. The van der Waals surface area contributed by atoms with Gasteiger partial charge in [-0.2, -0.15) is 0 Å². The van der Waals surface area contributed by atoms with Crippen molar-refractivity contribution in [3.05, 3.63) is 42.0 Å². The van der Waals surface area contributed by atoms with Crippen molar-refractivity contribution in [3.63, 3.8) is 0 Å². The fraction of sp³-hybridized carbons (Fsp3) is 0.438. The van der Waals surface area contributed by atoms with Crippen LogP contribution in [0.15, 0.2) is 30.7 Å². The molecule has 5 nitrogen and oxygen atoms in total. The van der Waals surface area contributed by atoms with Crippen LogP contribution in [0.5, 0.6) is 11.5 Å². The number of benzene rings is 1. The van der Waals surface area contributed by atoms with E-state index in [0.717, 1.165) is 42.3 Å². The molecule has 0 radical (unpaired) electrons. The second-order valence-corrected chi connectivity index (χ2v) is 4.87. The molecule has 0 fully saturated rings. The first-order valence-electron chi connectivity index (χ1n) is 7.21. The van der Waals surface area contributed by atoms with Gasteiger partial charge in [0.1, 0.15) is 18.1 Å². The summed E-state index contributed by atoms with van der Waals surface area (Å²) in [6.45, 7) is 4.37. The summed E-state index contributed by atoms with van der Waals surface area (Å²) in [5, 5.41) is 3.15. The van der Waals surface area contributed by atoms with Crippen molar-refractivity contribution >= 4 is 0 Å². The Balaban J connectivity index is 2.12. The third kappa shape index (κ3) is 3.98. The molecule has 0 aliphatic carbocycles. The SMILES string of the molecule is CCCn1cncc1COc1cc(OC)ccc1CNC. The molecule has 0 atom stereocenters. The fourth-order valence-electron chi connectivity index (χ4n) is 2.19. The second kappa shape index (κ2) is 7.69. The molecule has 2 aromatic rings. The smallest absolute Gasteiger partial charge is 0.130 e. The average Bonchev–Trinajstić information content (AvgIpc) is 2.94. The van der Waals surface area contributed by atoms with E-state index in [1.54, 1.807) is 7.11 Å². The number of hydrogen-bond donors (Lipinski definition) is 1. The van der Waals surface area contributed by atoms with Crippen LogP contribution < -0.4 is 14.8 Å². The Morgan fingerprint density at radius 3 is 2.90 bits per heavy atom. The van der Waals surface area contributed by atoms with E-state index >= 15 is 0 Å². The second-order valence-electron chi connectivity index (χ2n) is 4.87. The summed E-state index contributed by atoms with van der Waals surface area (Å²) >= 11 is 0. The Kier molecular flexibility index (Phi) is 5.63. The number of nitrogens with one attached hydrogen (secondary N) is 1. The van der Waals surface area contributed by atoms with Crippen LogP contribution in [-0.2, 0) is 19.7 Å². The molecule has 1 aromatic heterocycles. The van der Waals surface area contributed by atoms with Crippen molar-refractivity contribution in [1.29, 1.82) is 0 Å². The Labute approximate surface area is 125 Å². The topological polar surface area (TPSA) is 48.3 Å². The van der Waals surface area contributed by atoms with Gasteiger partial charge in [-0.3, -0.25) is 0 Å². The summed E-state index contributed by atoms with van der Waals surface area (Å²) in [6.07, 6.45) is 4.78. The average molecular weight is 289 g/mol. The third-order valence-electron chi connectivity index (χ3n) is 3.28. The van der Waals surface area contributed by atoms with E-state index < -0.39 is 0 Å². The van der Waals surface area contributed by atoms with E-state index in [1.807, 2.05) is 37.8 Å². The zero-order valence-corrected chi connectivity index (χ0v) is 12.9. The van der Waals surface area contributed by atoms with Crippen LogP contribution in [0.4, 0.5) is 0 Å². The summed E-state index contributed by atoms with van der Waals surface area (Å²) in [7, 11) is 3.58. The van der Waals surface area contributed by atoms with Crippen LogP contribution in [0.25, 0.3) is 0 Å². The highest BCUT2D eigenvalue weighted by Gasteiger charge is 2.08. The molecular weight excluding hydrogens is 266 g/mol. The maximum absolute atomic E-state index is 5.98. The monoisotopic (exact) mass is 289 g/mol. The van der Waals surface area contributed by atoms with Gasteiger partial charge in [-0.1, -0.05) is 13.0 Å². The number of aryl methyl sites for hydroxylation is 1. The van der Waals surface area contributed by atoms with Gasteiger partial charge in [0.05, 0.1) is 25.3 Å². The van der Waals surface area contributed by atoms with Crippen LogP contribution in [0.2, 0.25) is 0 Å². The van der Waals surface area contributed by atoms with Crippen LogP contribution >= 0.6 is 0 Å². The van der Waals surface area contributed by atoms with Gasteiger partial charge in [0.15, 0.2) is 0 Å². The highest BCUT2D eigenvalue weighted by Crippen LogP contribution is 2.25. The maximum Gasteiger partial charge on any atom is 0.130 e. The number of methoxy groups -OCH3 is 1. The zero-order chi connectivity index (χ0) is 15.1. The van der Waals surface area contributed by atoms with Crippen molar-refractivity contribution in [1.82, 2.24) is 14.9 Å². The summed E-state index contributed by atoms with van der Waals surface area (Å²) in [4.78, 5) is 4.19. The van der Waals surface area contributed by atoms with Crippen molar-refractivity contribution in [2.24, 2.45) is 0 Å². The Morgan fingerprint density at radius 1 is 1.33 bits per heavy atom. The maximum atomic E-state index is 5.98. The lowest BCUT2D eigenvalue weighted by molar-refractivity contribution is 0.289. The molecule has 0 aliphatic heterocycles. The standard InChI is InChI=1S/C16H23N3O2/c1-4-7-19-12-18-10-14(19)11-21-16-8-15(20-3)6-5-13(16)9-17-2/h5-6,8,10,12,17H,4,7,9,11H2,1-3H3. The van der Waals surface area contributed by atoms with Gasteiger partial charge < -0.3 is 19.4 Å². The normalized spacial score (nSPS) is 10.6. The highest BCUT2D eigenvalue weighted by molar-refractivity contribution is 5.40. The molecule has 0 unspecified atom stereocenters. The van der Waals surface area contributed by atoms with Gasteiger partial charge in [-0.05, 0) is 19.5 Å². The summed E-state index contributed by atoms with van der Waals surface area (Å²) in [6, 6.07) is 5.89. The summed E-state index contributed by atoms with van der Waals surface area (Å²) in [5.41, 5.74) is 2.19.